The molecular formula is C12H23NO2. The van der Waals surface area contributed by atoms with Crippen molar-refractivity contribution in [2.75, 3.05) is 26.4 Å². The van der Waals surface area contributed by atoms with Gasteiger partial charge in [-0.15, -0.1) is 0 Å². The van der Waals surface area contributed by atoms with E-state index in [-0.39, 0.29) is 6.61 Å². The minimum absolute atomic E-state index is 0.289. The highest BCUT2D eigenvalue weighted by Gasteiger charge is 2.29. The predicted octanol–water partition coefficient (Wildman–Crippen LogP) is 1.40. The second kappa shape index (κ2) is 5.83. The van der Waals surface area contributed by atoms with Crippen molar-refractivity contribution >= 4 is 0 Å². The van der Waals surface area contributed by atoms with E-state index < -0.39 is 0 Å². The molecule has 1 unspecified atom stereocenters. The summed E-state index contributed by atoms with van der Waals surface area (Å²) in [5.74, 6) is 0. The van der Waals surface area contributed by atoms with Gasteiger partial charge in [-0.2, -0.15) is 0 Å². The third-order valence-electron chi connectivity index (χ3n) is 3.78. The summed E-state index contributed by atoms with van der Waals surface area (Å²) < 4.78 is 5.50. The molecule has 0 amide bonds. The van der Waals surface area contributed by atoms with Crippen LogP contribution in [0.3, 0.4) is 0 Å². The average molecular weight is 213 g/mol. The number of aliphatic hydroxyl groups excluding tert-OH is 1. The van der Waals surface area contributed by atoms with Gasteiger partial charge in [0, 0.05) is 25.2 Å². The number of rotatable bonds is 3. The zero-order valence-electron chi connectivity index (χ0n) is 9.53. The predicted molar refractivity (Wildman–Crippen MR) is 59.9 cm³/mol. The van der Waals surface area contributed by atoms with Crippen LogP contribution in [0.25, 0.3) is 0 Å². The van der Waals surface area contributed by atoms with E-state index in [4.69, 9.17) is 9.84 Å². The van der Waals surface area contributed by atoms with Crippen LogP contribution in [0.15, 0.2) is 0 Å². The molecule has 3 heteroatoms. The Morgan fingerprint density at radius 2 is 2.00 bits per heavy atom. The van der Waals surface area contributed by atoms with Crippen molar-refractivity contribution in [2.24, 2.45) is 0 Å². The molecule has 88 valence electrons. The van der Waals surface area contributed by atoms with Gasteiger partial charge in [0.2, 0.25) is 0 Å². The first-order valence-corrected chi connectivity index (χ1v) is 6.36. The van der Waals surface area contributed by atoms with Crippen LogP contribution in [0.2, 0.25) is 0 Å². The first kappa shape index (κ1) is 11.4. The minimum atomic E-state index is 0.289. The molecule has 1 saturated carbocycles. The smallest absolute Gasteiger partial charge is 0.0623 e. The normalized spacial score (nSPS) is 30.6. The Balaban J connectivity index is 1.90. The molecule has 1 atom stereocenters. The van der Waals surface area contributed by atoms with Gasteiger partial charge >= 0.3 is 0 Å². The Morgan fingerprint density at radius 3 is 2.73 bits per heavy atom. The number of hydrogen-bond donors (Lipinski definition) is 1. The van der Waals surface area contributed by atoms with Gasteiger partial charge in [-0.1, -0.05) is 19.3 Å². The molecule has 2 aliphatic rings. The largest absolute Gasteiger partial charge is 0.396 e. The van der Waals surface area contributed by atoms with E-state index in [0.29, 0.717) is 6.04 Å². The SMILES string of the molecule is OCCC1COCCN1C1CCCCC1. The Kier molecular flexibility index (Phi) is 4.42. The summed E-state index contributed by atoms with van der Waals surface area (Å²) >= 11 is 0. The summed E-state index contributed by atoms with van der Waals surface area (Å²) in [5.41, 5.74) is 0. The standard InChI is InChI=1S/C12H23NO2/c14-8-6-12-10-15-9-7-13(12)11-4-2-1-3-5-11/h11-12,14H,1-10H2. The molecule has 0 aromatic heterocycles. The van der Waals surface area contributed by atoms with Crippen LogP contribution in [0.1, 0.15) is 38.5 Å². The maximum absolute atomic E-state index is 9.05. The summed E-state index contributed by atoms with van der Waals surface area (Å²) in [5, 5.41) is 9.05. The summed E-state index contributed by atoms with van der Waals surface area (Å²) in [6, 6.07) is 1.23. The average Bonchev–Trinajstić information content (AvgIpc) is 2.31. The van der Waals surface area contributed by atoms with E-state index in [9.17, 15) is 0 Å². The molecule has 1 saturated heterocycles. The van der Waals surface area contributed by atoms with Gasteiger partial charge in [0.05, 0.1) is 13.2 Å². The van der Waals surface area contributed by atoms with Crippen LogP contribution < -0.4 is 0 Å². The van der Waals surface area contributed by atoms with Crippen molar-refractivity contribution in [1.82, 2.24) is 4.90 Å². The fraction of sp³-hybridized carbons (Fsp3) is 1.00. The van der Waals surface area contributed by atoms with E-state index in [0.717, 1.165) is 32.2 Å². The highest BCUT2D eigenvalue weighted by molar-refractivity contribution is 4.83. The topological polar surface area (TPSA) is 32.7 Å². The van der Waals surface area contributed by atoms with Crippen LogP contribution in [0.4, 0.5) is 0 Å². The van der Waals surface area contributed by atoms with Crippen molar-refractivity contribution < 1.29 is 9.84 Å². The van der Waals surface area contributed by atoms with Gasteiger partial charge in [-0.25, -0.2) is 0 Å². The first-order chi connectivity index (χ1) is 7.42. The molecule has 0 spiro atoms. The highest BCUT2D eigenvalue weighted by atomic mass is 16.5. The van der Waals surface area contributed by atoms with Crippen molar-refractivity contribution in [2.45, 2.75) is 50.6 Å². The summed E-state index contributed by atoms with van der Waals surface area (Å²) in [4.78, 5) is 2.60. The number of hydrogen-bond acceptors (Lipinski definition) is 3. The van der Waals surface area contributed by atoms with E-state index in [2.05, 4.69) is 4.90 Å². The minimum Gasteiger partial charge on any atom is -0.396 e. The Hall–Kier alpha value is -0.120. The Bertz CT molecular complexity index is 168. The molecule has 1 heterocycles. The Labute approximate surface area is 92.4 Å². The lowest BCUT2D eigenvalue weighted by Crippen LogP contribution is -2.51. The molecule has 15 heavy (non-hydrogen) atoms. The van der Waals surface area contributed by atoms with E-state index >= 15 is 0 Å². The van der Waals surface area contributed by atoms with E-state index in [1.165, 1.54) is 32.1 Å². The number of ether oxygens (including phenoxy) is 1. The number of nitrogens with zero attached hydrogens (tertiary/aromatic N) is 1. The van der Waals surface area contributed by atoms with Gasteiger partial charge in [-0.3, -0.25) is 4.90 Å². The number of aliphatic hydroxyl groups is 1. The molecule has 2 rings (SSSR count). The third kappa shape index (κ3) is 2.92. The second-order valence-electron chi connectivity index (χ2n) is 4.77. The van der Waals surface area contributed by atoms with Crippen LogP contribution in [-0.4, -0.2) is 48.5 Å². The van der Waals surface area contributed by atoms with Gasteiger partial charge < -0.3 is 9.84 Å². The monoisotopic (exact) mass is 213 g/mol. The maximum atomic E-state index is 9.05. The number of morpholine rings is 1. The molecule has 2 fully saturated rings. The lowest BCUT2D eigenvalue weighted by Gasteiger charge is -2.42. The molecule has 0 radical (unpaired) electrons. The molecular weight excluding hydrogens is 190 g/mol. The van der Waals surface area contributed by atoms with Crippen LogP contribution in [0, 0.1) is 0 Å². The molecule has 0 aromatic carbocycles. The lowest BCUT2D eigenvalue weighted by atomic mass is 9.92. The third-order valence-corrected chi connectivity index (χ3v) is 3.78. The lowest BCUT2D eigenvalue weighted by molar-refractivity contribution is -0.0428. The van der Waals surface area contributed by atoms with Gasteiger partial charge in [0.1, 0.15) is 0 Å². The van der Waals surface area contributed by atoms with Crippen molar-refractivity contribution in [3.8, 4) is 0 Å². The quantitative estimate of drug-likeness (QED) is 0.769. The van der Waals surface area contributed by atoms with Gasteiger partial charge in [0.15, 0.2) is 0 Å². The molecule has 1 aliphatic carbocycles. The fourth-order valence-corrected chi connectivity index (χ4v) is 2.96. The van der Waals surface area contributed by atoms with Crippen LogP contribution in [-0.2, 0) is 4.74 Å². The first-order valence-electron chi connectivity index (χ1n) is 6.36. The highest BCUT2D eigenvalue weighted by Crippen LogP contribution is 2.26. The Morgan fingerprint density at radius 1 is 1.20 bits per heavy atom. The zero-order chi connectivity index (χ0) is 10.5. The van der Waals surface area contributed by atoms with E-state index in [1.54, 1.807) is 0 Å². The van der Waals surface area contributed by atoms with Crippen molar-refractivity contribution in [1.29, 1.82) is 0 Å². The summed E-state index contributed by atoms with van der Waals surface area (Å²) in [6.45, 7) is 3.04. The molecule has 0 aromatic rings. The van der Waals surface area contributed by atoms with Crippen LogP contribution >= 0.6 is 0 Å². The maximum Gasteiger partial charge on any atom is 0.0623 e. The summed E-state index contributed by atoms with van der Waals surface area (Å²) in [6.07, 6.45) is 7.74. The van der Waals surface area contributed by atoms with E-state index in [1.807, 2.05) is 0 Å². The zero-order valence-corrected chi connectivity index (χ0v) is 9.53. The molecule has 3 nitrogen and oxygen atoms in total. The summed E-state index contributed by atoms with van der Waals surface area (Å²) in [7, 11) is 0. The molecule has 1 N–H and O–H groups in total. The molecule has 1 aliphatic heterocycles. The molecule has 0 bridgehead atoms. The van der Waals surface area contributed by atoms with Gasteiger partial charge in [0.25, 0.3) is 0 Å². The van der Waals surface area contributed by atoms with Crippen LogP contribution in [0.5, 0.6) is 0 Å². The van der Waals surface area contributed by atoms with Crippen molar-refractivity contribution in [3.63, 3.8) is 0 Å². The fourth-order valence-electron chi connectivity index (χ4n) is 2.96. The van der Waals surface area contributed by atoms with Gasteiger partial charge in [-0.05, 0) is 19.3 Å². The second-order valence-corrected chi connectivity index (χ2v) is 4.77. The van der Waals surface area contributed by atoms with Crippen molar-refractivity contribution in [3.05, 3.63) is 0 Å².